The van der Waals surface area contributed by atoms with Gasteiger partial charge in [-0.25, -0.2) is 0 Å². The van der Waals surface area contributed by atoms with E-state index in [2.05, 4.69) is 30.4 Å². The number of nitrogens with one attached hydrogen (secondary N) is 1. The van der Waals surface area contributed by atoms with Crippen LogP contribution in [0, 0.1) is 5.92 Å². The van der Waals surface area contributed by atoms with Crippen LogP contribution in [0.4, 0.5) is 24.1 Å². The molecular formula is C20H19F3N6O2S. The van der Waals surface area contributed by atoms with Crippen molar-refractivity contribution in [2.75, 3.05) is 11.1 Å². The number of nitrogens with two attached hydrogens (primary N) is 1. The van der Waals surface area contributed by atoms with Crippen LogP contribution in [-0.4, -0.2) is 32.7 Å². The third-order valence-corrected chi connectivity index (χ3v) is 5.94. The number of rotatable bonds is 7. The van der Waals surface area contributed by atoms with E-state index < -0.39 is 12.3 Å². The van der Waals surface area contributed by atoms with Gasteiger partial charge < -0.3 is 15.8 Å². The van der Waals surface area contributed by atoms with Crippen molar-refractivity contribution in [3.63, 3.8) is 0 Å². The zero-order valence-electron chi connectivity index (χ0n) is 16.7. The predicted molar refractivity (Wildman–Crippen MR) is 111 cm³/mol. The molecule has 2 aromatic heterocycles. The molecule has 1 aromatic carbocycles. The molecule has 8 nitrogen and oxygen atoms in total. The molecule has 1 aliphatic carbocycles. The first-order valence-electron chi connectivity index (χ1n) is 9.79. The third-order valence-electron chi connectivity index (χ3n) is 5.02. The van der Waals surface area contributed by atoms with Gasteiger partial charge in [-0.05, 0) is 55.0 Å². The second kappa shape index (κ2) is 9.07. The minimum atomic E-state index is -4.79. The van der Waals surface area contributed by atoms with Crippen LogP contribution in [0.15, 0.2) is 36.4 Å². The van der Waals surface area contributed by atoms with Crippen LogP contribution in [0.25, 0.3) is 0 Å². The van der Waals surface area contributed by atoms with Crippen LogP contribution in [-0.2, 0) is 17.6 Å². The summed E-state index contributed by atoms with van der Waals surface area (Å²) in [5.74, 6) is 0.346. The van der Waals surface area contributed by atoms with E-state index in [-0.39, 0.29) is 18.0 Å². The number of halogens is 3. The quantitative estimate of drug-likeness (QED) is 0.547. The van der Waals surface area contributed by atoms with Crippen molar-refractivity contribution in [3.05, 3.63) is 52.7 Å². The molecule has 32 heavy (non-hydrogen) atoms. The molecular weight excluding hydrogens is 445 g/mol. The summed E-state index contributed by atoms with van der Waals surface area (Å²) in [5.41, 5.74) is 6.82. The van der Waals surface area contributed by atoms with Crippen molar-refractivity contribution in [2.24, 2.45) is 5.92 Å². The van der Waals surface area contributed by atoms with Crippen LogP contribution in [0.3, 0.4) is 0 Å². The van der Waals surface area contributed by atoms with Crippen LogP contribution in [0.2, 0.25) is 0 Å². The van der Waals surface area contributed by atoms with Gasteiger partial charge in [-0.2, -0.15) is 5.10 Å². The number of alkyl halides is 3. The summed E-state index contributed by atoms with van der Waals surface area (Å²) < 4.78 is 40.9. The minimum absolute atomic E-state index is 0.127. The Morgan fingerprint density at radius 3 is 2.62 bits per heavy atom. The molecule has 3 aromatic rings. The summed E-state index contributed by atoms with van der Waals surface area (Å²) in [7, 11) is 0. The van der Waals surface area contributed by atoms with E-state index in [9.17, 15) is 18.0 Å². The van der Waals surface area contributed by atoms with Gasteiger partial charge in [0.05, 0.1) is 12.1 Å². The second-order valence-electron chi connectivity index (χ2n) is 7.55. The van der Waals surface area contributed by atoms with E-state index in [0.29, 0.717) is 22.5 Å². The molecule has 0 atom stereocenters. The zero-order valence-corrected chi connectivity index (χ0v) is 17.5. The van der Waals surface area contributed by atoms with Gasteiger partial charge in [-0.15, -0.1) is 28.5 Å². The van der Waals surface area contributed by atoms with Gasteiger partial charge in [0.15, 0.2) is 5.82 Å². The number of carbonyl (C=O) groups excluding carboxylic acids is 1. The Morgan fingerprint density at radius 2 is 1.97 bits per heavy atom. The van der Waals surface area contributed by atoms with Crippen molar-refractivity contribution in [2.45, 2.75) is 38.0 Å². The van der Waals surface area contributed by atoms with Crippen molar-refractivity contribution in [1.82, 2.24) is 20.4 Å². The summed E-state index contributed by atoms with van der Waals surface area (Å²) in [5, 5.41) is 20.2. The number of carbonyl (C=O) groups is 1. The van der Waals surface area contributed by atoms with E-state index in [4.69, 9.17) is 5.73 Å². The van der Waals surface area contributed by atoms with Crippen LogP contribution in [0.5, 0.6) is 5.75 Å². The first-order valence-corrected chi connectivity index (χ1v) is 10.6. The number of hydrogen-bond donors (Lipinski definition) is 2. The second-order valence-corrected chi connectivity index (χ2v) is 8.59. The Morgan fingerprint density at radius 1 is 1.16 bits per heavy atom. The Kier molecular flexibility index (Phi) is 6.21. The van der Waals surface area contributed by atoms with Gasteiger partial charge in [-0.1, -0.05) is 23.5 Å². The van der Waals surface area contributed by atoms with Crippen LogP contribution >= 0.6 is 11.3 Å². The van der Waals surface area contributed by atoms with Crippen molar-refractivity contribution < 1.29 is 22.7 Å². The van der Waals surface area contributed by atoms with Gasteiger partial charge in [0.2, 0.25) is 11.0 Å². The van der Waals surface area contributed by atoms with E-state index in [1.807, 2.05) is 0 Å². The average Bonchev–Trinajstić information content (AvgIpc) is 3.10. The first-order chi connectivity index (χ1) is 15.2. The smallest absolute Gasteiger partial charge is 0.406 e. The maximum Gasteiger partial charge on any atom is 0.573 e. The number of aromatic nitrogens is 4. The maximum atomic E-state index is 12.3. The molecule has 3 N–H and O–H groups in total. The zero-order chi connectivity index (χ0) is 22.7. The molecule has 1 amide bonds. The highest BCUT2D eigenvalue weighted by Gasteiger charge is 2.33. The molecule has 0 aliphatic heterocycles. The summed E-state index contributed by atoms with van der Waals surface area (Å²) in [4.78, 5) is 12.2. The number of benzene rings is 1. The Hall–Kier alpha value is -3.28. The average molecular weight is 464 g/mol. The molecule has 4 rings (SSSR count). The largest absolute Gasteiger partial charge is 0.573 e. The SMILES string of the molecule is Nc1nnc(C2CC(Cc3ccc(NC(=O)Cc4cccc(OC(F)(F)F)c4)nn3)C2)s1. The highest BCUT2D eigenvalue weighted by molar-refractivity contribution is 7.15. The standard InChI is InChI=1S/C20H19F3N6O2S/c21-20(22,23)31-15-3-1-2-11(9-15)10-17(30)25-16-5-4-14(26-27-16)8-12-6-13(7-12)18-28-29-19(24)32-18/h1-5,9,12-13H,6-8,10H2,(H2,24,29)(H,25,27,30). The summed E-state index contributed by atoms with van der Waals surface area (Å²) in [6.45, 7) is 0. The third kappa shape index (κ3) is 5.90. The molecule has 1 saturated carbocycles. The fraction of sp³-hybridized carbons (Fsp3) is 0.350. The van der Waals surface area contributed by atoms with Crippen LogP contribution in [0.1, 0.15) is 35.0 Å². The molecule has 0 unspecified atom stereocenters. The van der Waals surface area contributed by atoms with Crippen molar-refractivity contribution >= 4 is 28.2 Å². The van der Waals surface area contributed by atoms with E-state index in [0.717, 1.165) is 30.0 Å². The van der Waals surface area contributed by atoms with Crippen molar-refractivity contribution in [3.8, 4) is 5.75 Å². The lowest BCUT2D eigenvalue weighted by atomic mass is 9.73. The van der Waals surface area contributed by atoms with Crippen molar-refractivity contribution in [1.29, 1.82) is 0 Å². The number of nitrogens with zero attached hydrogens (tertiary/aromatic N) is 4. The number of ether oxygens (including phenoxy) is 1. The summed E-state index contributed by atoms with van der Waals surface area (Å²) in [6, 6.07) is 8.74. The lowest BCUT2D eigenvalue weighted by Crippen LogP contribution is -2.24. The molecule has 1 fully saturated rings. The summed E-state index contributed by atoms with van der Waals surface area (Å²) >= 11 is 1.42. The normalized spacial score (nSPS) is 18.1. The van der Waals surface area contributed by atoms with E-state index in [1.54, 1.807) is 18.2 Å². The highest BCUT2D eigenvalue weighted by atomic mass is 32.1. The lowest BCUT2D eigenvalue weighted by molar-refractivity contribution is -0.274. The molecule has 0 saturated heterocycles. The molecule has 0 spiro atoms. The van der Waals surface area contributed by atoms with Gasteiger partial charge >= 0.3 is 6.36 Å². The molecule has 168 valence electrons. The number of nitrogen functional groups attached to an aromatic ring is 1. The van der Waals surface area contributed by atoms with E-state index in [1.165, 1.54) is 29.5 Å². The lowest BCUT2D eigenvalue weighted by Gasteiger charge is -2.33. The minimum Gasteiger partial charge on any atom is -0.406 e. The topological polar surface area (TPSA) is 116 Å². The fourth-order valence-electron chi connectivity index (χ4n) is 3.57. The molecule has 0 radical (unpaired) electrons. The highest BCUT2D eigenvalue weighted by Crippen LogP contribution is 2.44. The molecule has 2 heterocycles. The molecule has 0 bridgehead atoms. The first kappa shape index (κ1) is 21.9. The van der Waals surface area contributed by atoms with Gasteiger partial charge in [-0.3, -0.25) is 4.79 Å². The maximum absolute atomic E-state index is 12.3. The monoisotopic (exact) mass is 464 g/mol. The number of anilines is 2. The Balaban J connectivity index is 1.25. The molecule has 1 aliphatic rings. The Bertz CT molecular complexity index is 1080. The van der Waals surface area contributed by atoms with E-state index >= 15 is 0 Å². The summed E-state index contributed by atoms with van der Waals surface area (Å²) in [6.07, 6.45) is -2.15. The Labute approximate surface area is 185 Å². The van der Waals surface area contributed by atoms with Gasteiger partial charge in [0, 0.05) is 5.92 Å². The van der Waals surface area contributed by atoms with Crippen LogP contribution < -0.4 is 15.8 Å². The number of amides is 1. The van der Waals surface area contributed by atoms with Gasteiger partial charge in [0.1, 0.15) is 10.8 Å². The number of hydrogen-bond acceptors (Lipinski definition) is 8. The van der Waals surface area contributed by atoms with Gasteiger partial charge in [0.25, 0.3) is 0 Å². The predicted octanol–water partition coefficient (Wildman–Crippen LogP) is 3.73. The molecule has 12 heteroatoms. The fourth-order valence-corrected chi connectivity index (χ4v) is 4.31.